The zero-order valence-electron chi connectivity index (χ0n) is 16.3. The second-order valence-corrected chi connectivity index (χ2v) is 9.77. The minimum Gasteiger partial charge on any atom is -0.491 e. The van der Waals surface area contributed by atoms with Crippen molar-refractivity contribution >= 4 is 47.8 Å². The van der Waals surface area contributed by atoms with Crippen molar-refractivity contribution in [2.75, 3.05) is 6.61 Å². The lowest BCUT2D eigenvalue weighted by molar-refractivity contribution is 0.300. The van der Waals surface area contributed by atoms with Gasteiger partial charge in [-0.1, -0.05) is 106 Å². The van der Waals surface area contributed by atoms with E-state index < -0.39 is 0 Å². The topological polar surface area (TPSA) is 9.23 Å². The third-order valence-corrected chi connectivity index (χ3v) is 6.34. The van der Waals surface area contributed by atoms with Crippen LogP contribution >= 0.6 is 47.8 Å². The Hall–Kier alpha value is 0.460. The molecule has 0 aliphatic heterocycles. The highest BCUT2D eigenvalue weighted by Crippen LogP contribution is 2.36. The van der Waals surface area contributed by atoms with Gasteiger partial charge in [0.25, 0.3) is 0 Å². The Bertz CT molecular complexity index is 453. The van der Waals surface area contributed by atoms with Crippen LogP contribution in [-0.2, 0) is 0 Å². The van der Waals surface area contributed by atoms with E-state index >= 15 is 0 Å². The molecule has 1 aromatic carbocycles. The smallest absolute Gasteiger partial charge is 0.147 e. The van der Waals surface area contributed by atoms with E-state index in [1.807, 2.05) is 12.1 Å². The highest BCUT2D eigenvalue weighted by molar-refractivity contribution is 9.11. The van der Waals surface area contributed by atoms with Gasteiger partial charge in [0.2, 0.25) is 0 Å². The predicted octanol–water partition coefficient (Wildman–Crippen LogP) is 9.83. The largest absolute Gasteiger partial charge is 0.491 e. The molecule has 0 atom stereocenters. The van der Waals surface area contributed by atoms with Gasteiger partial charge < -0.3 is 4.74 Å². The third kappa shape index (κ3) is 12.0. The van der Waals surface area contributed by atoms with Gasteiger partial charge in [0.05, 0.1) is 15.6 Å². The number of rotatable bonds is 16. The van der Waals surface area contributed by atoms with E-state index in [4.69, 9.17) is 4.74 Å². The van der Waals surface area contributed by atoms with Crippen LogP contribution in [0.1, 0.15) is 96.8 Å². The van der Waals surface area contributed by atoms with Crippen LogP contribution in [0.5, 0.6) is 5.75 Å². The molecule has 0 fully saturated rings. The first-order chi connectivity index (χ1) is 12.6. The molecule has 0 bridgehead atoms. The zero-order chi connectivity index (χ0) is 19.0. The monoisotopic (exact) mass is 552 g/mol. The highest BCUT2D eigenvalue weighted by Gasteiger charge is 2.07. The molecule has 0 saturated heterocycles. The normalized spacial score (nSPS) is 11.1. The Labute approximate surface area is 186 Å². The lowest BCUT2D eigenvalue weighted by Gasteiger charge is -2.10. The van der Waals surface area contributed by atoms with E-state index in [1.165, 1.54) is 83.5 Å². The first-order valence-electron chi connectivity index (χ1n) is 10.4. The summed E-state index contributed by atoms with van der Waals surface area (Å²) in [5.74, 6) is 0.905. The van der Waals surface area contributed by atoms with Gasteiger partial charge in [-0.05, 0) is 50.4 Å². The summed E-state index contributed by atoms with van der Waals surface area (Å²) in [7, 11) is 0. The van der Waals surface area contributed by atoms with Crippen LogP contribution in [-0.4, -0.2) is 6.61 Å². The van der Waals surface area contributed by atoms with E-state index in [0.29, 0.717) is 0 Å². The number of halogens is 3. The van der Waals surface area contributed by atoms with Gasteiger partial charge in [0.15, 0.2) is 0 Å². The van der Waals surface area contributed by atoms with E-state index in [2.05, 4.69) is 54.7 Å². The molecule has 150 valence electrons. The minimum absolute atomic E-state index is 0.789. The van der Waals surface area contributed by atoms with Gasteiger partial charge in [-0.15, -0.1) is 0 Å². The van der Waals surface area contributed by atoms with E-state index in [1.54, 1.807) is 0 Å². The Morgan fingerprint density at radius 3 is 1.42 bits per heavy atom. The van der Waals surface area contributed by atoms with Crippen LogP contribution < -0.4 is 4.74 Å². The standard InChI is InChI=1S/C22H35Br3O/c1-2-3-4-5-6-7-8-9-10-11-12-13-14-15-16-26-22-20(24)17-19(23)18-21(22)25/h17-18H,2-16H2,1H3. The molecule has 0 unspecified atom stereocenters. The number of ether oxygens (including phenoxy) is 1. The summed E-state index contributed by atoms with van der Waals surface area (Å²) in [6.45, 7) is 3.07. The van der Waals surface area contributed by atoms with Gasteiger partial charge in [0.1, 0.15) is 5.75 Å². The summed E-state index contributed by atoms with van der Waals surface area (Å²) < 4.78 is 8.94. The van der Waals surface area contributed by atoms with Gasteiger partial charge in [0, 0.05) is 4.47 Å². The molecule has 0 amide bonds. The van der Waals surface area contributed by atoms with Crippen molar-refractivity contribution in [1.29, 1.82) is 0 Å². The van der Waals surface area contributed by atoms with Crippen molar-refractivity contribution in [3.8, 4) is 5.75 Å². The number of hydrogen-bond acceptors (Lipinski definition) is 1. The zero-order valence-corrected chi connectivity index (χ0v) is 21.1. The Balaban J connectivity index is 1.88. The van der Waals surface area contributed by atoms with Crippen LogP contribution in [0.3, 0.4) is 0 Å². The maximum Gasteiger partial charge on any atom is 0.147 e. The fourth-order valence-electron chi connectivity index (χ4n) is 3.14. The van der Waals surface area contributed by atoms with Gasteiger partial charge in [-0.2, -0.15) is 0 Å². The lowest BCUT2D eigenvalue weighted by Crippen LogP contribution is -1.99. The van der Waals surface area contributed by atoms with E-state index in [-0.39, 0.29) is 0 Å². The maximum absolute atomic E-state index is 5.92. The van der Waals surface area contributed by atoms with E-state index in [0.717, 1.165) is 32.2 Å². The number of hydrogen-bond donors (Lipinski definition) is 0. The van der Waals surface area contributed by atoms with Crippen molar-refractivity contribution in [3.63, 3.8) is 0 Å². The predicted molar refractivity (Wildman–Crippen MR) is 125 cm³/mol. The quantitative estimate of drug-likeness (QED) is 0.185. The Kier molecular flexibility index (Phi) is 15.5. The molecular weight excluding hydrogens is 520 g/mol. The second-order valence-electron chi connectivity index (χ2n) is 7.14. The summed E-state index contributed by atoms with van der Waals surface area (Å²) in [5.41, 5.74) is 0. The Morgan fingerprint density at radius 1 is 0.615 bits per heavy atom. The molecule has 1 rings (SSSR count). The van der Waals surface area contributed by atoms with Crippen molar-refractivity contribution < 1.29 is 4.74 Å². The molecule has 1 nitrogen and oxygen atoms in total. The summed E-state index contributed by atoms with van der Waals surface area (Å²) in [6, 6.07) is 4.04. The molecule has 0 spiro atoms. The van der Waals surface area contributed by atoms with Crippen molar-refractivity contribution in [2.24, 2.45) is 0 Å². The van der Waals surface area contributed by atoms with Crippen LogP contribution in [0.4, 0.5) is 0 Å². The Morgan fingerprint density at radius 2 is 1.00 bits per heavy atom. The first-order valence-corrected chi connectivity index (χ1v) is 12.8. The van der Waals surface area contributed by atoms with Crippen LogP contribution in [0.15, 0.2) is 25.6 Å². The SMILES string of the molecule is CCCCCCCCCCCCCCCCOc1c(Br)cc(Br)cc1Br. The number of benzene rings is 1. The summed E-state index contributed by atoms with van der Waals surface area (Å²) in [4.78, 5) is 0. The first kappa shape index (κ1) is 24.5. The molecule has 0 N–H and O–H groups in total. The third-order valence-electron chi connectivity index (χ3n) is 4.71. The molecule has 1 aromatic rings. The molecule has 0 heterocycles. The molecule has 0 saturated carbocycles. The molecule has 26 heavy (non-hydrogen) atoms. The molecule has 0 aliphatic rings. The van der Waals surface area contributed by atoms with Crippen LogP contribution in [0, 0.1) is 0 Å². The average Bonchev–Trinajstić information content (AvgIpc) is 2.60. The molecule has 0 radical (unpaired) electrons. The molecule has 0 aromatic heterocycles. The fourth-order valence-corrected chi connectivity index (χ4v) is 5.63. The minimum atomic E-state index is 0.789. The molecular formula is C22H35Br3O. The summed E-state index contributed by atoms with van der Waals surface area (Å²) in [6.07, 6.45) is 19.4. The summed E-state index contributed by atoms with van der Waals surface area (Å²) in [5, 5.41) is 0. The van der Waals surface area contributed by atoms with Crippen LogP contribution in [0.25, 0.3) is 0 Å². The fraction of sp³-hybridized carbons (Fsp3) is 0.727. The molecule has 0 aliphatic carbocycles. The lowest BCUT2D eigenvalue weighted by atomic mass is 10.0. The summed E-state index contributed by atoms with van der Waals surface area (Å²) >= 11 is 10.6. The van der Waals surface area contributed by atoms with Crippen LogP contribution in [0.2, 0.25) is 0 Å². The maximum atomic E-state index is 5.92. The van der Waals surface area contributed by atoms with Crippen molar-refractivity contribution in [2.45, 2.75) is 96.8 Å². The second kappa shape index (κ2) is 16.4. The van der Waals surface area contributed by atoms with Crippen molar-refractivity contribution in [3.05, 3.63) is 25.6 Å². The highest BCUT2D eigenvalue weighted by atomic mass is 79.9. The van der Waals surface area contributed by atoms with Gasteiger partial charge in [-0.3, -0.25) is 0 Å². The van der Waals surface area contributed by atoms with Gasteiger partial charge >= 0.3 is 0 Å². The van der Waals surface area contributed by atoms with E-state index in [9.17, 15) is 0 Å². The average molecular weight is 555 g/mol. The molecule has 4 heteroatoms. The van der Waals surface area contributed by atoms with Crippen molar-refractivity contribution in [1.82, 2.24) is 0 Å². The van der Waals surface area contributed by atoms with Gasteiger partial charge in [-0.25, -0.2) is 0 Å². The number of unbranched alkanes of at least 4 members (excludes halogenated alkanes) is 13.